The minimum absolute atomic E-state index is 0.154. The van der Waals surface area contributed by atoms with Crippen LogP contribution in [0.5, 0.6) is 0 Å². The molecule has 0 saturated heterocycles. The Morgan fingerprint density at radius 3 is 2.95 bits per heavy atom. The third kappa shape index (κ3) is 2.68. The van der Waals surface area contributed by atoms with Gasteiger partial charge in [-0.15, -0.1) is 0 Å². The van der Waals surface area contributed by atoms with Crippen molar-refractivity contribution in [3.8, 4) is 0 Å². The normalized spacial score (nSPS) is 22.2. The van der Waals surface area contributed by atoms with Crippen LogP contribution < -0.4 is 0 Å². The number of hydrogen-bond acceptors (Lipinski definition) is 2. The molecule has 5 heteroatoms. The van der Waals surface area contributed by atoms with Crippen LogP contribution in [0.1, 0.15) is 25.1 Å². The van der Waals surface area contributed by atoms with Crippen molar-refractivity contribution in [2.24, 2.45) is 0 Å². The molecule has 1 aliphatic heterocycles. The molecular weight excluding hydrogens is 274 g/mol. The lowest BCUT2D eigenvalue weighted by Gasteiger charge is -2.36. The number of fused-ring (bicyclic) bond motifs is 3. The number of H-pyrrole nitrogens is 1. The van der Waals surface area contributed by atoms with E-state index >= 15 is 0 Å². The molecule has 0 fully saturated rings. The lowest BCUT2D eigenvalue weighted by atomic mass is 9.96. The smallest absolute Gasteiger partial charge is 0.143 e. The number of aliphatic hydroxyl groups is 1. The number of rotatable bonds is 3. The second-order valence-corrected chi connectivity index (χ2v) is 6.30. The maximum absolute atomic E-state index is 14.1. The molecule has 3 rings (SSSR count). The van der Waals surface area contributed by atoms with E-state index in [1.165, 1.54) is 13.0 Å². The van der Waals surface area contributed by atoms with Gasteiger partial charge in [0.25, 0.3) is 0 Å². The fourth-order valence-electron chi connectivity index (χ4n) is 3.11. The Morgan fingerprint density at radius 1 is 1.48 bits per heavy atom. The van der Waals surface area contributed by atoms with Crippen LogP contribution in [0.4, 0.5) is 8.78 Å². The summed E-state index contributed by atoms with van der Waals surface area (Å²) in [5, 5.41) is 10.0. The Kier molecular flexibility index (Phi) is 3.50. The topological polar surface area (TPSA) is 39.3 Å². The van der Waals surface area contributed by atoms with Crippen molar-refractivity contribution in [2.45, 2.75) is 38.5 Å². The average Bonchev–Trinajstić information content (AvgIpc) is 2.76. The Balaban J connectivity index is 1.93. The summed E-state index contributed by atoms with van der Waals surface area (Å²) >= 11 is 0. The molecule has 21 heavy (non-hydrogen) atoms. The molecule has 0 spiro atoms. The second-order valence-electron chi connectivity index (χ2n) is 6.30. The molecule has 0 aliphatic carbocycles. The molecule has 2 heterocycles. The van der Waals surface area contributed by atoms with Gasteiger partial charge in [0.1, 0.15) is 11.5 Å². The molecule has 3 nitrogen and oxygen atoms in total. The fourth-order valence-corrected chi connectivity index (χ4v) is 3.11. The van der Waals surface area contributed by atoms with Gasteiger partial charge in [0.2, 0.25) is 0 Å². The molecule has 1 aromatic carbocycles. The van der Waals surface area contributed by atoms with Crippen LogP contribution in [-0.4, -0.2) is 39.9 Å². The van der Waals surface area contributed by atoms with Gasteiger partial charge in [-0.2, -0.15) is 0 Å². The standard InChI is InChI=1S/C16H20F2N2O/c1-10-5-12-13-6-11(17)3-4-14(13)19-15(12)7-20(10)8-16(2,18)9-21/h3-4,6,10,19,21H,5,7-9H2,1-2H3/t10-,16?/m1/s1. The van der Waals surface area contributed by atoms with Gasteiger partial charge in [0.15, 0.2) is 0 Å². The molecule has 2 N–H and O–H groups in total. The number of aliphatic hydroxyl groups excluding tert-OH is 1. The molecular formula is C16H20F2N2O. The van der Waals surface area contributed by atoms with Gasteiger partial charge in [-0.1, -0.05) is 0 Å². The number of alkyl halides is 1. The van der Waals surface area contributed by atoms with Crippen molar-refractivity contribution in [1.29, 1.82) is 0 Å². The number of aromatic nitrogens is 1. The third-order valence-corrected chi connectivity index (χ3v) is 4.30. The molecule has 0 amide bonds. The second kappa shape index (κ2) is 5.07. The van der Waals surface area contributed by atoms with E-state index in [2.05, 4.69) is 4.98 Å². The first-order valence-electron chi connectivity index (χ1n) is 7.22. The first-order chi connectivity index (χ1) is 9.89. The zero-order valence-corrected chi connectivity index (χ0v) is 12.3. The van der Waals surface area contributed by atoms with E-state index in [9.17, 15) is 8.78 Å². The van der Waals surface area contributed by atoms with E-state index in [0.29, 0.717) is 6.54 Å². The van der Waals surface area contributed by atoms with Crippen LogP contribution in [0.3, 0.4) is 0 Å². The van der Waals surface area contributed by atoms with Crippen molar-refractivity contribution < 1.29 is 13.9 Å². The molecule has 114 valence electrons. The maximum atomic E-state index is 14.1. The monoisotopic (exact) mass is 294 g/mol. The van der Waals surface area contributed by atoms with Gasteiger partial charge >= 0.3 is 0 Å². The summed E-state index contributed by atoms with van der Waals surface area (Å²) in [4.78, 5) is 5.32. The Hall–Kier alpha value is -1.46. The molecule has 2 atom stereocenters. The minimum atomic E-state index is -1.61. The summed E-state index contributed by atoms with van der Waals surface area (Å²) in [5.41, 5.74) is 1.45. The number of hydrogen-bond donors (Lipinski definition) is 2. The van der Waals surface area contributed by atoms with Crippen LogP contribution in [0.25, 0.3) is 10.9 Å². The van der Waals surface area contributed by atoms with Crippen molar-refractivity contribution in [3.05, 3.63) is 35.3 Å². The highest BCUT2D eigenvalue weighted by Gasteiger charge is 2.32. The highest BCUT2D eigenvalue weighted by Crippen LogP contribution is 2.31. The van der Waals surface area contributed by atoms with Crippen LogP contribution in [0.15, 0.2) is 18.2 Å². The highest BCUT2D eigenvalue weighted by molar-refractivity contribution is 5.85. The number of nitrogens with zero attached hydrogens (tertiary/aromatic N) is 1. The minimum Gasteiger partial charge on any atom is -0.393 e. The number of nitrogens with one attached hydrogen (secondary N) is 1. The van der Waals surface area contributed by atoms with E-state index < -0.39 is 12.3 Å². The highest BCUT2D eigenvalue weighted by atomic mass is 19.1. The quantitative estimate of drug-likeness (QED) is 0.913. The van der Waals surface area contributed by atoms with Crippen molar-refractivity contribution >= 4 is 10.9 Å². The predicted octanol–water partition coefficient (Wildman–Crippen LogP) is 2.77. The SMILES string of the molecule is C[C@@H]1Cc2c([nH]c3ccc(F)cc23)CN1CC(C)(F)CO. The van der Waals surface area contributed by atoms with Crippen LogP contribution in [0.2, 0.25) is 0 Å². The van der Waals surface area contributed by atoms with E-state index in [1.54, 1.807) is 12.1 Å². The van der Waals surface area contributed by atoms with Gasteiger partial charge < -0.3 is 10.1 Å². The maximum Gasteiger partial charge on any atom is 0.143 e. The van der Waals surface area contributed by atoms with Gasteiger partial charge in [0.05, 0.1) is 6.61 Å². The summed E-state index contributed by atoms with van der Waals surface area (Å²) in [6.07, 6.45) is 0.750. The number of aromatic amines is 1. The van der Waals surface area contributed by atoms with Crippen molar-refractivity contribution in [3.63, 3.8) is 0 Å². The van der Waals surface area contributed by atoms with Gasteiger partial charge in [0, 0.05) is 35.7 Å². The number of benzene rings is 1. The van der Waals surface area contributed by atoms with Gasteiger partial charge in [-0.25, -0.2) is 8.78 Å². The van der Waals surface area contributed by atoms with Crippen LogP contribution in [-0.2, 0) is 13.0 Å². The Morgan fingerprint density at radius 2 is 2.24 bits per heavy atom. The third-order valence-electron chi connectivity index (χ3n) is 4.30. The summed E-state index contributed by atoms with van der Waals surface area (Å²) in [5.74, 6) is -0.240. The molecule has 0 radical (unpaired) electrons. The van der Waals surface area contributed by atoms with E-state index in [4.69, 9.17) is 5.11 Å². The average molecular weight is 294 g/mol. The molecule has 0 bridgehead atoms. The number of halogens is 2. The summed E-state index contributed by atoms with van der Waals surface area (Å²) in [6, 6.07) is 4.89. The van der Waals surface area contributed by atoms with Crippen LogP contribution >= 0.6 is 0 Å². The lowest BCUT2D eigenvalue weighted by Crippen LogP contribution is -2.46. The van der Waals surface area contributed by atoms with Gasteiger partial charge in [-0.05, 0) is 44.0 Å². The van der Waals surface area contributed by atoms with E-state index in [1.807, 2.05) is 11.8 Å². The molecule has 1 unspecified atom stereocenters. The molecule has 1 aromatic heterocycles. The van der Waals surface area contributed by atoms with Crippen molar-refractivity contribution in [1.82, 2.24) is 9.88 Å². The summed E-state index contributed by atoms with van der Waals surface area (Å²) < 4.78 is 27.5. The Labute approximate surface area is 122 Å². The first-order valence-corrected chi connectivity index (χ1v) is 7.22. The van der Waals surface area contributed by atoms with E-state index in [-0.39, 0.29) is 18.4 Å². The van der Waals surface area contributed by atoms with Crippen LogP contribution in [0, 0.1) is 5.82 Å². The van der Waals surface area contributed by atoms with Crippen molar-refractivity contribution in [2.75, 3.05) is 13.2 Å². The zero-order valence-electron chi connectivity index (χ0n) is 12.3. The molecule has 2 aromatic rings. The molecule has 0 saturated carbocycles. The largest absolute Gasteiger partial charge is 0.393 e. The first kappa shape index (κ1) is 14.5. The summed E-state index contributed by atoms with van der Waals surface area (Å²) in [7, 11) is 0. The molecule has 1 aliphatic rings. The summed E-state index contributed by atoms with van der Waals surface area (Å²) in [6.45, 7) is 3.74. The Bertz CT molecular complexity index is 666. The van der Waals surface area contributed by atoms with Gasteiger partial charge in [-0.3, -0.25) is 4.90 Å². The van der Waals surface area contributed by atoms with E-state index in [0.717, 1.165) is 28.6 Å². The lowest BCUT2D eigenvalue weighted by molar-refractivity contribution is 0.0277. The predicted molar refractivity (Wildman–Crippen MR) is 78.4 cm³/mol. The fraction of sp³-hybridized carbons (Fsp3) is 0.500. The zero-order chi connectivity index (χ0) is 15.2.